The summed E-state index contributed by atoms with van der Waals surface area (Å²) in [6.07, 6.45) is 0. The average Bonchev–Trinajstić information content (AvgIpc) is 2.98. The summed E-state index contributed by atoms with van der Waals surface area (Å²) in [4.78, 5) is 38.4. The zero-order chi connectivity index (χ0) is 31.4. The Hall–Kier alpha value is -1.93. The summed E-state index contributed by atoms with van der Waals surface area (Å²) in [6, 6.07) is 27.8. The quantitative estimate of drug-likeness (QED) is 0.169. The Kier molecular flexibility index (Phi) is 15.0. The molecule has 0 saturated heterocycles. The van der Waals surface area contributed by atoms with Crippen molar-refractivity contribution in [3.05, 3.63) is 108 Å². The first-order valence-electron chi connectivity index (χ1n) is 14.3. The molecule has 3 N–H and O–H groups in total. The van der Waals surface area contributed by atoms with Gasteiger partial charge in [-0.05, 0) is 37.8 Å². The van der Waals surface area contributed by atoms with Gasteiger partial charge in [-0.15, -0.1) is 0 Å². The molecule has 0 aliphatic heterocycles. The third-order valence-electron chi connectivity index (χ3n) is 7.68. The molecule has 0 spiro atoms. The molecule has 0 heterocycles. The standard InChI is InChI=1S/C30H45N4O6P3/c1-31(28(41(35)36)25-13-7-4-8-14-25)19-22-34(23-20-32(2)29(42(37)38)26-15-9-5-10-16-26)24-21-33(3)30(43(39)40)27-17-11-6-12-18-27/h4-18,28-30,41-43H,19-24H2,1-3H3,(H,35,36)(H,37,38)(H,39,40). The molecule has 43 heavy (non-hydrogen) atoms. The monoisotopic (exact) mass is 650 g/mol. The first kappa shape index (κ1) is 35.5. The molecule has 0 amide bonds. The van der Waals surface area contributed by atoms with E-state index in [-0.39, 0.29) is 0 Å². The van der Waals surface area contributed by atoms with E-state index in [1.807, 2.05) is 127 Å². The summed E-state index contributed by atoms with van der Waals surface area (Å²) in [5.41, 5.74) is 2.33. The van der Waals surface area contributed by atoms with E-state index in [9.17, 15) is 28.4 Å². The smallest absolute Gasteiger partial charge is 0.210 e. The summed E-state index contributed by atoms with van der Waals surface area (Å²) in [5, 5.41) is 0. The predicted octanol–water partition coefficient (Wildman–Crippen LogP) is 4.58. The van der Waals surface area contributed by atoms with Crippen LogP contribution in [0.4, 0.5) is 0 Å². The van der Waals surface area contributed by atoms with E-state index in [1.54, 1.807) is 0 Å². The maximum Gasteiger partial charge on any atom is 0.210 e. The topological polar surface area (TPSA) is 125 Å². The zero-order valence-electron chi connectivity index (χ0n) is 25.0. The van der Waals surface area contributed by atoms with Gasteiger partial charge in [0.2, 0.25) is 24.1 Å². The van der Waals surface area contributed by atoms with Crippen LogP contribution in [-0.4, -0.2) is 94.7 Å². The van der Waals surface area contributed by atoms with Gasteiger partial charge in [-0.2, -0.15) is 0 Å². The van der Waals surface area contributed by atoms with Crippen molar-refractivity contribution in [1.82, 2.24) is 19.6 Å². The van der Waals surface area contributed by atoms with Crippen LogP contribution in [0, 0.1) is 0 Å². The fourth-order valence-electron chi connectivity index (χ4n) is 5.28. The second-order valence-electron chi connectivity index (χ2n) is 10.7. The molecule has 10 nitrogen and oxygen atoms in total. The highest BCUT2D eigenvalue weighted by atomic mass is 31.1. The van der Waals surface area contributed by atoms with Crippen molar-refractivity contribution >= 4 is 24.1 Å². The van der Waals surface area contributed by atoms with Crippen LogP contribution in [0.25, 0.3) is 0 Å². The lowest BCUT2D eigenvalue weighted by Crippen LogP contribution is -2.42. The maximum absolute atomic E-state index is 12.4. The molecule has 0 radical (unpaired) electrons. The second-order valence-corrected chi connectivity index (χ2v) is 14.4. The summed E-state index contributed by atoms with van der Waals surface area (Å²) in [5.74, 6) is -1.87. The van der Waals surface area contributed by atoms with Crippen LogP contribution in [0.1, 0.15) is 34.0 Å². The van der Waals surface area contributed by atoms with Crippen LogP contribution < -0.4 is 0 Å². The van der Waals surface area contributed by atoms with E-state index >= 15 is 0 Å². The molecule has 236 valence electrons. The molecular weight excluding hydrogens is 605 g/mol. The third-order valence-corrected chi connectivity index (χ3v) is 11.4. The number of likely N-dealkylation sites (N-methyl/N-ethyl adjacent to an activating group) is 3. The van der Waals surface area contributed by atoms with Crippen molar-refractivity contribution in [2.24, 2.45) is 0 Å². The van der Waals surface area contributed by atoms with E-state index in [0.29, 0.717) is 39.3 Å². The molecule has 6 atom stereocenters. The Morgan fingerprint density at radius 1 is 0.465 bits per heavy atom. The number of hydrogen-bond donors (Lipinski definition) is 3. The fraction of sp³-hybridized carbons (Fsp3) is 0.400. The molecule has 0 fully saturated rings. The lowest BCUT2D eigenvalue weighted by atomic mass is 10.2. The Morgan fingerprint density at radius 2 is 0.698 bits per heavy atom. The minimum absolute atomic E-state index is 0.501. The minimum atomic E-state index is -2.90. The molecule has 0 aliphatic rings. The van der Waals surface area contributed by atoms with Gasteiger partial charge in [0.25, 0.3) is 0 Å². The van der Waals surface area contributed by atoms with E-state index in [1.165, 1.54) is 0 Å². The van der Waals surface area contributed by atoms with Gasteiger partial charge in [0.15, 0.2) is 0 Å². The van der Waals surface area contributed by atoms with Crippen LogP contribution in [0.15, 0.2) is 91.0 Å². The van der Waals surface area contributed by atoms with Gasteiger partial charge in [-0.1, -0.05) is 91.0 Å². The highest BCUT2D eigenvalue weighted by Crippen LogP contribution is 2.41. The highest BCUT2D eigenvalue weighted by molar-refractivity contribution is 7.38. The van der Waals surface area contributed by atoms with E-state index in [0.717, 1.165) is 16.7 Å². The molecule has 0 aliphatic carbocycles. The second kappa shape index (κ2) is 18.1. The van der Waals surface area contributed by atoms with Crippen LogP contribution >= 0.6 is 24.1 Å². The van der Waals surface area contributed by atoms with Gasteiger partial charge in [-0.25, -0.2) is 0 Å². The SMILES string of the molecule is CN(CCN(CCN(C)C(c1ccccc1)[PH](=O)O)CCN(C)C(c1ccccc1)[PH](=O)O)C(c1ccccc1)[PH](=O)O. The molecule has 0 aromatic heterocycles. The Morgan fingerprint density at radius 3 is 0.907 bits per heavy atom. The number of benzene rings is 3. The Balaban J connectivity index is 1.74. The predicted molar refractivity (Wildman–Crippen MR) is 176 cm³/mol. The van der Waals surface area contributed by atoms with Crippen molar-refractivity contribution in [2.75, 3.05) is 60.4 Å². The van der Waals surface area contributed by atoms with Gasteiger partial charge < -0.3 is 14.7 Å². The molecule has 3 aromatic carbocycles. The first-order chi connectivity index (χ1) is 20.6. The summed E-state index contributed by atoms with van der Waals surface area (Å²) in [6.45, 7) is 3.19. The zero-order valence-corrected chi connectivity index (χ0v) is 28.0. The van der Waals surface area contributed by atoms with Gasteiger partial charge in [0.1, 0.15) is 17.3 Å². The van der Waals surface area contributed by atoms with Crippen molar-refractivity contribution in [2.45, 2.75) is 17.3 Å². The summed E-state index contributed by atoms with van der Waals surface area (Å²) < 4.78 is 37.1. The number of rotatable bonds is 18. The first-order valence-corrected chi connectivity index (χ1v) is 18.6. The van der Waals surface area contributed by atoms with Crippen molar-refractivity contribution in [3.8, 4) is 0 Å². The third kappa shape index (κ3) is 10.9. The Bertz CT molecular complexity index is 1150. The minimum Gasteiger partial charge on any atom is -0.345 e. The van der Waals surface area contributed by atoms with Crippen molar-refractivity contribution in [3.63, 3.8) is 0 Å². The van der Waals surface area contributed by atoms with Gasteiger partial charge in [-0.3, -0.25) is 33.3 Å². The molecule has 6 unspecified atom stereocenters. The lowest BCUT2D eigenvalue weighted by molar-refractivity contribution is 0.164. The molecule has 13 heteroatoms. The van der Waals surface area contributed by atoms with E-state index in [2.05, 4.69) is 4.90 Å². The van der Waals surface area contributed by atoms with E-state index < -0.39 is 41.4 Å². The average molecular weight is 651 g/mol. The summed E-state index contributed by atoms with van der Waals surface area (Å²) in [7, 11) is -3.21. The van der Waals surface area contributed by atoms with E-state index in [4.69, 9.17) is 0 Å². The van der Waals surface area contributed by atoms with Crippen LogP contribution in [0.5, 0.6) is 0 Å². The van der Waals surface area contributed by atoms with Crippen LogP contribution in [0.3, 0.4) is 0 Å². The van der Waals surface area contributed by atoms with Crippen molar-refractivity contribution in [1.29, 1.82) is 0 Å². The van der Waals surface area contributed by atoms with Crippen molar-refractivity contribution < 1.29 is 28.4 Å². The number of hydrogen-bond acceptors (Lipinski definition) is 7. The highest BCUT2D eigenvalue weighted by Gasteiger charge is 2.26. The molecule has 0 bridgehead atoms. The number of nitrogens with zero attached hydrogens (tertiary/aromatic N) is 4. The normalized spacial score (nSPS) is 16.3. The molecular formula is C30H45N4O6P3. The molecule has 0 saturated carbocycles. The van der Waals surface area contributed by atoms with Crippen LogP contribution in [0.2, 0.25) is 0 Å². The molecule has 3 aromatic rings. The maximum atomic E-state index is 12.4. The largest absolute Gasteiger partial charge is 0.345 e. The fourth-order valence-corrected chi connectivity index (χ4v) is 8.23. The van der Waals surface area contributed by atoms with Crippen LogP contribution in [-0.2, 0) is 13.7 Å². The Labute approximate surface area is 257 Å². The van der Waals surface area contributed by atoms with Gasteiger partial charge in [0.05, 0.1) is 0 Å². The lowest BCUT2D eigenvalue weighted by Gasteiger charge is -2.34. The molecule has 3 rings (SSSR count). The van der Waals surface area contributed by atoms with Gasteiger partial charge in [0, 0.05) is 39.3 Å². The summed E-state index contributed by atoms with van der Waals surface area (Å²) >= 11 is 0. The van der Waals surface area contributed by atoms with Gasteiger partial charge >= 0.3 is 0 Å².